The molecule has 0 radical (unpaired) electrons. The molecule has 0 saturated carbocycles. The quantitative estimate of drug-likeness (QED) is 0.833. The molecule has 26 heavy (non-hydrogen) atoms. The zero-order valence-electron chi connectivity index (χ0n) is 14.8. The van der Waals surface area contributed by atoms with Crippen LogP contribution in [0, 0.1) is 0 Å². The Balaban J connectivity index is 1.43. The van der Waals surface area contributed by atoms with Gasteiger partial charge in [0.1, 0.15) is 11.5 Å². The molecule has 2 aromatic carbocycles. The molecule has 1 amide bonds. The van der Waals surface area contributed by atoms with Crippen molar-refractivity contribution in [2.45, 2.75) is 18.8 Å². The summed E-state index contributed by atoms with van der Waals surface area (Å²) >= 11 is 0. The second-order valence-electron chi connectivity index (χ2n) is 6.78. The Hall–Kier alpha value is -2.59. The monoisotopic (exact) mass is 349 g/mol. The van der Waals surface area contributed by atoms with Crippen LogP contribution in [0.25, 0.3) is 0 Å². The second kappa shape index (κ2) is 7.75. The standard InChI is InChI=1S/C22H23NO3/c24-22(17-10-13-25-14-11-17)23-12-9-19(16-23)18-5-4-8-21(15-18)26-20-6-2-1-3-7-20/h1-8,10,15,19H,9,11-14,16H2. The maximum Gasteiger partial charge on any atom is 0.249 e. The number of nitrogens with zero attached hydrogens (tertiary/aromatic N) is 1. The van der Waals surface area contributed by atoms with E-state index >= 15 is 0 Å². The van der Waals surface area contributed by atoms with Crippen LogP contribution < -0.4 is 4.74 Å². The first kappa shape index (κ1) is 16.9. The Bertz CT molecular complexity index is 800. The van der Waals surface area contributed by atoms with Crippen molar-refractivity contribution >= 4 is 5.91 Å². The van der Waals surface area contributed by atoms with E-state index in [1.54, 1.807) is 0 Å². The summed E-state index contributed by atoms with van der Waals surface area (Å²) in [7, 11) is 0. The number of carbonyl (C=O) groups is 1. The molecule has 4 rings (SSSR count). The van der Waals surface area contributed by atoms with E-state index in [2.05, 4.69) is 12.1 Å². The Kier molecular flexibility index (Phi) is 5.02. The topological polar surface area (TPSA) is 38.8 Å². The summed E-state index contributed by atoms with van der Waals surface area (Å²) in [6.45, 7) is 2.78. The minimum absolute atomic E-state index is 0.174. The highest BCUT2D eigenvalue weighted by Gasteiger charge is 2.29. The van der Waals surface area contributed by atoms with Gasteiger partial charge >= 0.3 is 0 Å². The Morgan fingerprint density at radius 1 is 1.08 bits per heavy atom. The van der Waals surface area contributed by atoms with Gasteiger partial charge in [0.05, 0.1) is 13.2 Å². The number of benzene rings is 2. The average Bonchev–Trinajstić information content (AvgIpc) is 3.19. The summed E-state index contributed by atoms with van der Waals surface area (Å²) in [5.41, 5.74) is 2.13. The molecule has 1 unspecified atom stereocenters. The Morgan fingerprint density at radius 3 is 2.73 bits per heavy atom. The molecule has 2 aliphatic heterocycles. The van der Waals surface area contributed by atoms with Crippen molar-refractivity contribution in [3.05, 3.63) is 71.8 Å². The fraction of sp³-hybridized carbons (Fsp3) is 0.318. The summed E-state index contributed by atoms with van der Waals surface area (Å²) in [6.07, 6.45) is 3.64. The molecule has 2 aliphatic rings. The fourth-order valence-corrected chi connectivity index (χ4v) is 3.60. The van der Waals surface area contributed by atoms with Crippen LogP contribution in [0.3, 0.4) is 0 Å². The zero-order valence-corrected chi connectivity index (χ0v) is 14.8. The van der Waals surface area contributed by atoms with Crippen molar-refractivity contribution in [2.75, 3.05) is 26.3 Å². The van der Waals surface area contributed by atoms with E-state index in [0.717, 1.165) is 43.0 Å². The number of hydrogen-bond acceptors (Lipinski definition) is 3. The van der Waals surface area contributed by atoms with Gasteiger partial charge in [-0.3, -0.25) is 4.79 Å². The van der Waals surface area contributed by atoms with Crippen molar-refractivity contribution in [3.63, 3.8) is 0 Å². The highest BCUT2D eigenvalue weighted by Crippen LogP contribution is 2.31. The van der Waals surface area contributed by atoms with Crippen LogP contribution in [0.2, 0.25) is 0 Å². The van der Waals surface area contributed by atoms with Gasteiger partial charge < -0.3 is 14.4 Å². The maximum atomic E-state index is 12.7. The number of rotatable bonds is 4. The van der Waals surface area contributed by atoms with Crippen LogP contribution >= 0.6 is 0 Å². The predicted octanol–water partition coefficient (Wildman–Crippen LogP) is 4.14. The number of hydrogen-bond donors (Lipinski definition) is 0. The molecule has 4 heteroatoms. The zero-order chi connectivity index (χ0) is 17.8. The minimum Gasteiger partial charge on any atom is -0.457 e. The molecule has 134 valence electrons. The van der Waals surface area contributed by atoms with Crippen LogP contribution in [0.1, 0.15) is 24.3 Å². The number of amides is 1. The predicted molar refractivity (Wildman–Crippen MR) is 100 cm³/mol. The second-order valence-corrected chi connectivity index (χ2v) is 6.78. The van der Waals surface area contributed by atoms with E-state index in [-0.39, 0.29) is 5.91 Å². The summed E-state index contributed by atoms with van der Waals surface area (Å²) in [5.74, 6) is 2.20. The van der Waals surface area contributed by atoms with Crippen molar-refractivity contribution in [3.8, 4) is 11.5 Å². The third-order valence-corrected chi connectivity index (χ3v) is 5.02. The van der Waals surface area contributed by atoms with Gasteiger partial charge in [0, 0.05) is 31.0 Å². The Labute approximate surface area is 154 Å². The first-order chi connectivity index (χ1) is 12.8. The van der Waals surface area contributed by atoms with Gasteiger partial charge in [-0.25, -0.2) is 0 Å². The molecule has 0 spiro atoms. The highest BCUT2D eigenvalue weighted by atomic mass is 16.5. The molecule has 0 aromatic heterocycles. The molecule has 2 heterocycles. The first-order valence-electron chi connectivity index (χ1n) is 9.18. The third-order valence-electron chi connectivity index (χ3n) is 5.02. The van der Waals surface area contributed by atoms with Gasteiger partial charge in [-0.15, -0.1) is 0 Å². The molecule has 0 bridgehead atoms. The lowest BCUT2D eigenvalue weighted by Crippen LogP contribution is -2.31. The van der Waals surface area contributed by atoms with Crippen LogP contribution in [0.4, 0.5) is 0 Å². The molecule has 4 nitrogen and oxygen atoms in total. The molecule has 1 atom stereocenters. The summed E-state index contributed by atoms with van der Waals surface area (Å²) in [4.78, 5) is 14.6. The van der Waals surface area contributed by atoms with E-state index in [1.165, 1.54) is 5.56 Å². The lowest BCUT2D eigenvalue weighted by Gasteiger charge is -2.21. The smallest absolute Gasteiger partial charge is 0.249 e. The molecule has 1 saturated heterocycles. The number of likely N-dealkylation sites (tertiary alicyclic amines) is 1. The van der Waals surface area contributed by atoms with Crippen LogP contribution in [-0.4, -0.2) is 37.1 Å². The highest BCUT2D eigenvalue weighted by molar-refractivity contribution is 5.93. The summed E-state index contributed by atoms with van der Waals surface area (Å²) in [6, 6.07) is 18.0. The van der Waals surface area contributed by atoms with Gasteiger partial charge in [0.25, 0.3) is 0 Å². The minimum atomic E-state index is 0.174. The first-order valence-corrected chi connectivity index (χ1v) is 9.18. The fourth-order valence-electron chi connectivity index (χ4n) is 3.60. The van der Waals surface area contributed by atoms with Crippen molar-refractivity contribution in [1.82, 2.24) is 4.90 Å². The number of carbonyl (C=O) groups excluding carboxylic acids is 1. The van der Waals surface area contributed by atoms with E-state index in [1.807, 2.05) is 53.4 Å². The number of ether oxygens (including phenoxy) is 2. The largest absolute Gasteiger partial charge is 0.457 e. The van der Waals surface area contributed by atoms with Gasteiger partial charge in [-0.2, -0.15) is 0 Å². The molecular weight excluding hydrogens is 326 g/mol. The number of para-hydroxylation sites is 1. The molecule has 2 aromatic rings. The molecule has 0 N–H and O–H groups in total. The molecule has 0 aliphatic carbocycles. The van der Waals surface area contributed by atoms with Crippen LogP contribution in [-0.2, 0) is 9.53 Å². The van der Waals surface area contributed by atoms with Gasteiger partial charge in [0.15, 0.2) is 0 Å². The van der Waals surface area contributed by atoms with Crippen LogP contribution in [0.15, 0.2) is 66.2 Å². The van der Waals surface area contributed by atoms with E-state index in [4.69, 9.17) is 9.47 Å². The van der Waals surface area contributed by atoms with Gasteiger partial charge in [0.2, 0.25) is 5.91 Å². The maximum absolute atomic E-state index is 12.7. The van der Waals surface area contributed by atoms with Crippen molar-refractivity contribution in [2.24, 2.45) is 0 Å². The third kappa shape index (κ3) is 3.81. The van der Waals surface area contributed by atoms with Crippen LogP contribution in [0.5, 0.6) is 11.5 Å². The van der Waals surface area contributed by atoms with Gasteiger partial charge in [-0.05, 0) is 36.2 Å². The Morgan fingerprint density at radius 2 is 1.92 bits per heavy atom. The molecular formula is C22H23NO3. The lowest BCUT2D eigenvalue weighted by atomic mass is 9.98. The van der Waals surface area contributed by atoms with E-state index < -0.39 is 0 Å². The van der Waals surface area contributed by atoms with E-state index in [9.17, 15) is 4.79 Å². The molecule has 1 fully saturated rings. The van der Waals surface area contributed by atoms with Gasteiger partial charge in [-0.1, -0.05) is 36.4 Å². The SMILES string of the molecule is O=C(C1=CCOCC1)N1CCC(c2cccc(Oc3ccccc3)c2)C1. The average molecular weight is 349 g/mol. The van der Waals surface area contributed by atoms with Crippen molar-refractivity contribution in [1.29, 1.82) is 0 Å². The summed E-state index contributed by atoms with van der Waals surface area (Å²) in [5, 5.41) is 0. The van der Waals surface area contributed by atoms with Crippen molar-refractivity contribution < 1.29 is 14.3 Å². The normalized spacial score (nSPS) is 19.9. The lowest BCUT2D eigenvalue weighted by molar-refractivity contribution is -0.126. The van der Waals surface area contributed by atoms with E-state index in [0.29, 0.717) is 19.1 Å². The summed E-state index contributed by atoms with van der Waals surface area (Å²) < 4.78 is 11.2.